The lowest BCUT2D eigenvalue weighted by molar-refractivity contribution is 0.0989. The van der Waals surface area contributed by atoms with E-state index in [9.17, 15) is 9.18 Å². The highest BCUT2D eigenvalue weighted by Crippen LogP contribution is 2.17. The molecule has 0 spiro atoms. The quantitative estimate of drug-likeness (QED) is 0.757. The van der Waals surface area contributed by atoms with Gasteiger partial charge in [0.1, 0.15) is 5.82 Å². The van der Waals surface area contributed by atoms with Gasteiger partial charge in [-0.1, -0.05) is 41.4 Å². The number of hydrogen-bond acceptors (Lipinski definition) is 1. The zero-order chi connectivity index (χ0) is 13.1. The van der Waals surface area contributed by atoms with Gasteiger partial charge in [0.2, 0.25) is 0 Å². The van der Waals surface area contributed by atoms with Gasteiger partial charge in [-0.05, 0) is 30.7 Å². The first-order chi connectivity index (χ1) is 8.56. The Morgan fingerprint density at radius 2 is 1.83 bits per heavy atom. The first-order valence-corrected chi connectivity index (χ1v) is 5.98. The van der Waals surface area contributed by atoms with Crippen LogP contribution in [0, 0.1) is 12.7 Å². The normalized spacial score (nSPS) is 10.4. The molecule has 0 N–H and O–H groups in total. The van der Waals surface area contributed by atoms with Crippen LogP contribution < -0.4 is 0 Å². The Hall–Kier alpha value is -1.67. The summed E-state index contributed by atoms with van der Waals surface area (Å²) in [6, 6.07) is 11.6. The molecule has 0 aromatic heterocycles. The van der Waals surface area contributed by atoms with Crippen molar-refractivity contribution in [1.29, 1.82) is 0 Å². The predicted octanol–water partition coefficient (Wildman–Crippen LogP) is 4.21. The number of ketones is 1. The van der Waals surface area contributed by atoms with Crippen molar-refractivity contribution in [3.05, 3.63) is 70.0 Å². The third-order valence-electron chi connectivity index (χ3n) is 2.71. The molecule has 1 nitrogen and oxygen atoms in total. The van der Waals surface area contributed by atoms with E-state index < -0.39 is 5.82 Å². The van der Waals surface area contributed by atoms with Crippen LogP contribution in [-0.4, -0.2) is 5.78 Å². The van der Waals surface area contributed by atoms with Gasteiger partial charge in [-0.2, -0.15) is 0 Å². The van der Waals surface area contributed by atoms with Gasteiger partial charge in [0.05, 0.1) is 5.56 Å². The van der Waals surface area contributed by atoms with Gasteiger partial charge < -0.3 is 0 Å². The van der Waals surface area contributed by atoms with Crippen LogP contribution in [0.4, 0.5) is 4.39 Å². The minimum atomic E-state index is -0.531. The molecule has 0 aliphatic rings. The summed E-state index contributed by atoms with van der Waals surface area (Å²) in [6.07, 6.45) is 0.178. The second kappa shape index (κ2) is 5.32. The Bertz CT molecular complexity index is 576. The summed E-state index contributed by atoms with van der Waals surface area (Å²) in [5, 5.41) is 0.364. The third-order valence-corrected chi connectivity index (χ3v) is 2.95. The molecule has 92 valence electrons. The summed E-state index contributed by atoms with van der Waals surface area (Å²) in [5.74, 6) is -0.796. The van der Waals surface area contributed by atoms with Crippen LogP contribution in [-0.2, 0) is 6.42 Å². The second-order valence-electron chi connectivity index (χ2n) is 4.21. The van der Waals surface area contributed by atoms with Crippen molar-refractivity contribution < 1.29 is 9.18 Å². The van der Waals surface area contributed by atoms with Gasteiger partial charge in [0.25, 0.3) is 0 Å². The van der Waals surface area contributed by atoms with E-state index in [1.54, 1.807) is 0 Å². The Labute approximate surface area is 110 Å². The molecular weight excluding hydrogens is 251 g/mol. The minimum Gasteiger partial charge on any atom is -0.294 e. The van der Waals surface area contributed by atoms with E-state index in [0.29, 0.717) is 5.02 Å². The van der Waals surface area contributed by atoms with Gasteiger partial charge in [0.15, 0.2) is 5.78 Å². The zero-order valence-electron chi connectivity index (χ0n) is 9.91. The van der Waals surface area contributed by atoms with Crippen LogP contribution >= 0.6 is 11.6 Å². The SMILES string of the molecule is Cc1ccc(CC(=O)c2cc(Cl)ccc2F)cc1. The van der Waals surface area contributed by atoms with Gasteiger partial charge in [-0.15, -0.1) is 0 Å². The fraction of sp³-hybridized carbons (Fsp3) is 0.133. The molecule has 3 heteroatoms. The molecule has 0 radical (unpaired) electrons. The van der Waals surface area contributed by atoms with Crippen LogP contribution in [0.1, 0.15) is 21.5 Å². The van der Waals surface area contributed by atoms with Crippen LogP contribution in [0.2, 0.25) is 5.02 Å². The lowest BCUT2D eigenvalue weighted by Crippen LogP contribution is -2.06. The molecule has 18 heavy (non-hydrogen) atoms. The fourth-order valence-corrected chi connectivity index (χ4v) is 1.87. The maximum Gasteiger partial charge on any atom is 0.170 e. The average Bonchev–Trinajstić information content (AvgIpc) is 2.35. The van der Waals surface area contributed by atoms with Gasteiger partial charge in [-0.3, -0.25) is 4.79 Å². The summed E-state index contributed by atoms with van der Waals surface area (Å²) in [6.45, 7) is 1.97. The van der Waals surface area contributed by atoms with E-state index >= 15 is 0 Å². The summed E-state index contributed by atoms with van der Waals surface area (Å²) in [4.78, 5) is 12.0. The summed E-state index contributed by atoms with van der Waals surface area (Å²) >= 11 is 5.77. The molecule has 2 aromatic carbocycles. The van der Waals surface area contributed by atoms with E-state index in [1.807, 2.05) is 31.2 Å². The number of halogens is 2. The van der Waals surface area contributed by atoms with E-state index in [0.717, 1.165) is 11.1 Å². The van der Waals surface area contributed by atoms with E-state index in [2.05, 4.69) is 0 Å². The number of benzene rings is 2. The van der Waals surface area contributed by atoms with Crippen LogP contribution in [0.15, 0.2) is 42.5 Å². The number of rotatable bonds is 3. The van der Waals surface area contributed by atoms with Crippen molar-refractivity contribution in [3.63, 3.8) is 0 Å². The maximum atomic E-state index is 13.5. The number of hydrogen-bond donors (Lipinski definition) is 0. The molecule has 0 heterocycles. The fourth-order valence-electron chi connectivity index (χ4n) is 1.70. The summed E-state index contributed by atoms with van der Waals surface area (Å²) in [5.41, 5.74) is 2.04. The molecule has 0 bridgehead atoms. The molecule has 0 atom stereocenters. The number of Topliss-reactive ketones (excluding diaryl/α,β-unsaturated/α-hetero) is 1. The minimum absolute atomic E-state index is 0.0445. The van der Waals surface area contributed by atoms with Gasteiger partial charge >= 0.3 is 0 Å². The molecular formula is C15H12ClFO. The van der Waals surface area contributed by atoms with Crippen molar-refractivity contribution in [3.8, 4) is 0 Å². The van der Waals surface area contributed by atoms with Crippen LogP contribution in [0.3, 0.4) is 0 Å². The van der Waals surface area contributed by atoms with Crippen molar-refractivity contribution in [2.45, 2.75) is 13.3 Å². The predicted molar refractivity (Wildman–Crippen MR) is 70.6 cm³/mol. The average molecular weight is 263 g/mol. The van der Waals surface area contributed by atoms with Gasteiger partial charge in [-0.25, -0.2) is 4.39 Å². The Kier molecular flexibility index (Phi) is 3.78. The second-order valence-corrected chi connectivity index (χ2v) is 4.65. The molecule has 0 fully saturated rings. The molecule has 2 aromatic rings. The lowest BCUT2D eigenvalue weighted by Gasteiger charge is -2.04. The molecule has 0 unspecified atom stereocenters. The van der Waals surface area contributed by atoms with E-state index in [-0.39, 0.29) is 17.8 Å². The molecule has 0 saturated heterocycles. The van der Waals surface area contributed by atoms with Gasteiger partial charge in [0, 0.05) is 11.4 Å². The van der Waals surface area contributed by atoms with Crippen molar-refractivity contribution in [2.24, 2.45) is 0 Å². The van der Waals surface area contributed by atoms with E-state index in [4.69, 9.17) is 11.6 Å². The highest BCUT2D eigenvalue weighted by molar-refractivity contribution is 6.31. The summed E-state index contributed by atoms with van der Waals surface area (Å²) < 4.78 is 13.5. The number of carbonyl (C=O) groups is 1. The standard InChI is InChI=1S/C15H12ClFO/c1-10-2-4-11(5-3-10)8-15(18)13-9-12(16)6-7-14(13)17/h2-7,9H,8H2,1H3. The third kappa shape index (κ3) is 2.96. The molecule has 0 aliphatic carbocycles. The smallest absolute Gasteiger partial charge is 0.170 e. The van der Waals surface area contributed by atoms with Crippen molar-refractivity contribution in [1.82, 2.24) is 0 Å². The topological polar surface area (TPSA) is 17.1 Å². The first-order valence-electron chi connectivity index (χ1n) is 5.60. The Morgan fingerprint density at radius 1 is 1.17 bits per heavy atom. The monoisotopic (exact) mass is 262 g/mol. The van der Waals surface area contributed by atoms with Crippen molar-refractivity contribution >= 4 is 17.4 Å². The Morgan fingerprint density at radius 3 is 2.50 bits per heavy atom. The highest BCUT2D eigenvalue weighted by Gasteiger charge is 2.12. The highest BCUT2D eigenvalue weighted by atomic mass is 35.5. The number of carbonyl (C=O) groups excluding carboxylic acids is 1. The number of aryl methyl sites for hydroxylation is 1. The van der Waals surface area contributed by atoms with E-state index in [1.165, 1.54) is 18.2 Å². The largest absolute Gasteiger partial charge is 0.294 e. The molecule has 2 rings (SSSR count). The molecule has 0 saturated carbocycles. The first kappa shape index (κ1) is 12.8. The zero-order valence-corrected chi connectivity index (χ0v) is 10.7. The van der Waals surface area contributed by atoms with Crippen LogP contribution in [0.25, 0.3) is 0 Å². The molecule has 0 aliphatic heterocycles. The summed E-state index contributed by atoms with van der Waals surface area (Å²) in [7, 11) is 0. The lowest BCUT2D eigenvalue weighted by atomic mass is 10.0. The van der Waals surface area contributed by atoms with Crippen LogP contribution in [0.5, 0.6) is 0 Å². The van der Waals surface area contributed by atoms with Crippen molar-refractivity contribution in [2.75, 3.05) is 0 Å². The Balaban J connectivity index is 2.21. The maximum absolute atomic E-state index is 13.5. The molecule has 0 amide bonds.